The van der Waals surface area contributed by atoms with Crippen LogP contribution in [0.4, 0.5) is 0 Å². The molecule has 2 aromatic carbocycles. The maximum atomic E-state index is 12.1. The second kappa shape index (κ2) is 8.02. The summed E-state index contributed by atoms with van der Waals surface area (Å²) in [5.74, 6) is 0.219. The summed E-state index contributed by atoms with van der Waals surface area (Å²) in [7, 11) is 0. The van der Waals surface area contributed by atoms with Gasteiger partial charge in [-0.1, -0.05) is 24.3 Å². The van der Waals surface area contributed by atoms with E-state index in [0.29, 0.717) is 17.1 Å². The normalized spacial score (nSPS) is 15.5. The number of amides is 2. The number of hydrogen-bond donors (Lipinski definition) is 3. The number of nitrogens with zero attached hydrogens (tertiary/aromatic N) is 1. The van der Waals surface area contributed by atoms with Gasteiger partial charge in [0, 0.05) is 0 Å². The van der Waals surface area contributed by atoms with Crippen LogP contribution in [0.1, 0.15) is 5.56 Å². The van der Waals surface area contributed by atoms with Gasteiger partial charge in [0.25, 0.3) is 11.8 Å². The molecule has 0 saturated carbocycles. The summed E-state index contributed by atoms with van der Waals surface area (Å²) < 4.78 is 11.0. The van der Waals surface area contributed by atoms with E-state index in [-0.39, 0.29) is 18.9 Å². The quantitative estimate of drug-likeness (QED) is 0.543. The van der Waals surface area contributed by atoms with Gasteiger partial charge in [0.05, 0.1) is 12.8 Å². The number of rotatable bonds is 5. The first kappa shape index (κ1) is 17.3. The predicted octanol–water partition coefficient (Wildman–Crippen LogP) is 0.798. The van der Waals surface area contributed by atoms with Crippen LogP contribution < -0.4 is 20.2 Å². The Morgan fingerprint density at radius 2 is 2.00 bits per heavy atom. The molecule has 1 aliphatic heterocycles. The van der Waals surface area contributed by atoms with Gasteiger partial charge >= 0.3 is 0 Å². The second-order valence-electron chi connectivity index (χ2n) is 5.47. The first-order valence-corrected chi connectivity index (χ1v) is 7.89. The fraction of sp³-hybridized carbons (Fsp3) is 0.167. The molecule has 1 unspecified atom stereocenters. The van der Waals surface area contributed by atoms with Crippen molar-refractivity contribution in [1.29, 1.82) is 0 Å². The molecule has 8 heteroatoms. The molecule has 2 amide bonds. The monoisotopic (exact) mass is 355 g/mol. The van der Waals surface area contributed by atoms with Crippen molar-refractivity contribution < 1.29 is 24.2 Å². The molecule has 134 valence electrons. The van der Waals surface area contributed by atoms with Gasteiger partial charge in [-0.15, -0.1) is 0 Å². The lowest BCUT2D eigenvalue weighted by Gasteiger charge is -2.25. The van der Waals surface area contributed by atoms with Crippen molar-refractivity contribution in [3.63, 3.8) is 0 Å². The molecule has 0 aromatic heterocycles. The van der Waals surface area contributed by atoms with E-state index in [1.807, 2.05) is 6.07 Å². The lowest BCUT2D eigenvalue weighted by Crippen LogP contribution is -2.46. The van der Waals surface area contributed by atoms with Crippen LogP contribution in [0.3, 0.4) is 0 Å². The first-order chi connectivity index (χ1) is 12.6. The fourth-order valence-corrected chi connectivity index (χ4v) is 2.25. The van der Waals surface area contributed by atoms with Crippen molar-refractivity contribution in [2.24, 2.45) is 5.10 Å². The number of hydrazone groups is 1. The predicted molar refractivity (Wildman–Crippen MR) is 93.2 cm³/mol. The van der Waals surface area contributed by atoms with Crippen LogP contribution in [-0.4, -0.2) is 42.4 Å². The summed E-state index contributed by atoms with van der Waals surface area (Å²) in [5, 5.41) is 15.6. The summed E-state index contributed by atoms with van der Waals surface area (Å²) in [4.78, 5) is 23.8. The Kier molecular flexibility index (Phi) is 5.33. The van der Waals surface area contributed by atoms with Gasteiger partial charge in [-0.25, -0.2) is 5.43 Å². The number of carbonyl (C=O) groups is 2. The van der Waals surface area contributed by atoms with Crippen LogP contribution >= 0.6 is 0 Å². The number of benzene rings is 2. The van der Waals surface area contributed by atoms with E-state index in [2.05, 4.69) is 15.8 Å². The van der Waals surface area contributed by atoms with Crippen LogP contribution in [0.25, 0.3) is 0 Å². The average Bonchev–Trinajstić information content (AvgIpc) is 2.66. The number of fused-ring (bicyclic) bond motifs is 1. The highest BCUT2D eigenvalue weighted by molar-refractivity contribution is 5.88. The third-order valence-corrected chi connectivity index (χ3v) is 3.50. The lowest BCUT2D eigenvalue weighted by atomic mass is 10.2. The fourth-order valence-electron chi connectivity index (χ4n) is 2.25. The van der Waals surface area contributed by atoms with E-state index in [1.54, 1.807) is 30.3 Å². The SMILES string of the molecule is O=C(CNC(=O)C1COc2ccccc2O1)N/N=C/c1cccc(O)c1. The van der Waals surface area contributed by atoms with Crippen molar-refractivity contribution in [2.75, 3.05) is 13.2 Å². The third kappa shape index (κ3) is 4.50. The number of aromatic hydroxyl groups is 1. The van der Waals surface area contributed by atoms with Crippen LogP contribution in [0, 0.1) is 0 Å². The van der Waals surface area contributed by atoms with Crippen molar-refractivity contribution >= 4 is 18.0 Å². The maximum absolute atomic E-state index is 12.1. The summed E-state index contributed by atoms with van der Waals surface area (Å²) in [6, 6.07) is 13.4. The van der Waals surface area contributed by atoms with Gasteiger partial charge in [0.2, 0.25) is 6.10 Å². The number of para-hydroxylation sites is 2. The molecule has 0 fully saturated rings. The van der Waals surface area contributed by atoms with E-state index >= 15 is 0 Å². The number of phenolic OH excluding ortho intramolecular Hbond substituents is 1. The average molecular weight is 355 g/mol. The van der Waals surface area contributed by atoms with Gasteiger partial charge in [-0.05, 0) is 29.8 Å². The molecule has 1 aliphatic rings. The van der Waals surface area contributed by atoms with E-state index in [1.165, 1.54) is 18.3 Å². The Bertz CT molecular complexity index is 837. The molecule has 3 rings (SSSR count). The summed E-state index contributed by atoms with van der Waals surface area (Å²) in [5.41, 5.74) is 2.91. The zero-order valence-electron chi connectivity index (χ0n) is 13.7. The largest absolute Gasteiger partial charge is 0.508 e. The summed E-state index contributed by atoms with van der Waals surface area (Å²) in [6.45, 7) is -0.183. The minimum absolute atomic E-state index is 0.0696. The Hall–Kier alpha value is -3.55. The van der Waals surface area contributed by atoms with Crippen LogP contribution in [0.15, 0.2) is 53.6 Å². The van der Waals surface area contributed by atoms with E-state index < -0.39 is 17.9 Å². The molecule has 2 aromatic rings. The molecule has 3 N–H and O–H groups in total. The molecule has 26 heavy (non-hydrogen) atoms. The van der Waals surface area contributed by atoms with Crippen molar-refractivity contribution in [2.45, 2.75) is 6.10 Å². The molecular weight excluding hydrogens is 338 g/mol. The Labute approximate surface area is 149 Å². The van der Waals surface area contributed by atoms with Gasteiger partial charge < -0.3 is 19.9 Å². The number of ether oxygens (including phenoxy) is 2. The topological polar surface area (TPSA) is 109 Å². The van der Waals surface area contributed by atoms with Crippen molar-refractivity contribution in [3.05, 3.63) is 54.1 Å². The van der Waals surface area contributed by atoms with Gasteiger partial charge in [0.15, 0.2) is 11.5 Å². The maximum Gasteiger partial charge on any atom is 0.265 e. The highest BCUT2D eigenvalue weighted by Gasteiger charge is 2.27. The molecule has 0 bridgehead atoms. The van der Waals surface area contributed by atoms with Crippen LogP contribution in [0.2, 0.25) is 0 Å². The number of phenols is 1. The van der Waals surface area contributed by atoms with Crippen molar-refractivity contribution in [3.8, 4) is 17.2 Å². The Morgan fingerprint density at radius 1 is 1.19 bits per heavy atom. The summed E-state index contributed by atoms with van der Waals surface area (Å²) in [6.07, 6.45) is 0.558. The Balaban J connectivity index is 1.44. The minimum atomic E-state index is -0.825. The molecule has 0 aliphatic carbocycles. The molecule has 1 heterocycles. The molecule has 0 saturated heterocycles. The zero-order chi connectivity index (χ0) is 18.4. The van der Waals surface area contributed by atoms with Crippen molar-refractivity contribution in [1.82, 2.24) is 10.7 Å². The molecule has 8 nitrogen and oxygen atoms in total. The standard InChI is InChI=1S/C18H17N3O5/c22-13-5-3-4-12(8-13)9-20-21-17(23)10-19-18(24)16-11-25-14-6-1-2-7-15(14)26-16/h1-9,16,22H,10-11H2,(H,19,24)(H,21,23)/b20-9+. The molecular formula is C18H17N3O5. The van der Waals surface area contributed by atoms with E-state index in [9.17, 15) is 14.7 Å². The zero-order valence-corrected chi connectivity index (χ0v) is 13.7. The highest BCUT2D eigenvalue weighted by atomic mass is 16.6. The van der Waals surface area contributed by atoms with Gasteiger partial charge in [-0.3, -0.25) is 9.59 Å². The number of carbonyl (C=O) groups excluding carboxylic acids is 2. The highest BCUT2D eigenvalue weighted by Crippen LogP contribution is 2.30. The lowest BCUT2D eigenvalue weighted by molar-refractivity contribution is -0.132. The van der Waals surface area contributed by atoms with Gasteiger partial charge in [0.1, 0.15) is 12.4 Å². The van der Waals surface area contributed by atoms with Crippen LogP contribution in [-0.2, 0) is 9.59 Å². The number of hydrogen-bond acceptors (Lipinski definition) is 6. The van der Waals surface area contributed by atoms with E-state index in [4.69, 9.17) is 9.47 Å². The molecule has 1 atom stereocenters. The minimum Gasteiger partial charge on any atom is -0.508 e. The van der Waals surface area contributed by atoms with Crippen LogP contribution in [0.5, 0.6) is 17.2 Å². The van der Waals surface area contributed by atoms with E-state index in [0.717, 1.165) is 0 Å². The number of nitrogens with one attached hydrogen (secondary N) is 2. The molecule has 0 spiro atoms. The third-order valence-electron chi connectivity index (χ3n) is 3.50. The second-order valence-corrected chi connectivity index (χ2v) is 5.47. The smallest absolute Gasteiger partial charge is 0.265 e. The Morgan fingerprint density at radius 3 is 2.81 bits per heavy atom. The molecule has 0 radical (unpaired) electrons. The first-order valence-electron chi connectivity index (χ1n) is 7.89. The van der Waals surface area contributed by atoms with Gasteiger partial charge in [-0.2, -0.15) is 5.10 Å². The summed E-state index contributed by atoms with van der Waals surface area (Å²) >= 11 is 0.